The number of aliphatic hydroxyl groups is 1. The van der Waals surface area contributed by atoms with Crippen LogP contribution in [0.3, 0.4) is 0 Å². The van der Waals surface area contributed by atoms with Gasteiger partial charge in [-0.1, -0.05) is 0 Å². The van der Waals surface area contributed by atoms with Gasteiger partial charge in [0.1, 0.15) is 17.8 Å². The molecule has 0 bridgehead atoms. The first kappa shape index (κ1) is 21.4. The summed E-state index contributed by atoms with van der Waals surface area (Å²) in [7, 11) is 0. The molecule has 1 atom stereocenters. The topological polar surface area (TPSA) is 132 Å². The zero-order chi connectivity index (χ0) is 20.9. The molecule has 1 aromatic heterocycles. The third-order valence-corrected chi connectivity index (χ3v) is 5.39. The van der Waals surface area contributed by atoms with Crippen LogP contribution in [0.2, 0.25) is 0 Å². The maximum atomic E-state index is 12.3. The Bertz CT molecular complexity index is 762. The molecule has 0 aliphatic carbocycles. The summed E-state index contributed by atoms with van der Waals surface area (Å²) in [5.74, 6) is 0.338. The summed E-state index contributed by atoms with van der Waals surface area (Å²) in [5, 5.41) is 23.2. The Kier molecular flexibility index (Phi) is 6.96. The predicted octanol–water partition coefficient (Wildman–Crippen LogP) is 1.17. The lowest BCUT2D eigenvalue weighted by Gasteiger charge is -2.32. The average molecular weight is 424 g/mol. The molecule has 0 saturated carbocycles. The Morgan fingerprint density at radius 1 is 1.34 bits per heavy atom. The number of hydrogen-bond donors (Lipinski definition) is 3. The molecular formula is C18H26ClN7O3. The lowest BCUT2D eigenvalue weighted by atomic mass is 10.0. The van der Waals surface area contributed by atoms with E-state index in [9.17, 15) is 14.7 Å². The Morgan fingerprint density at radius 2 is 2.07 bits per heavy atom. The standard InChI is InChI=1S/C18H26ClN7O3/c1-18(24-25-18)5-2-16(28)26-6-3-12(4-7-26)23-15-8-14(21-11-22-15)17(29)20-10-13(27)9-19/h8,11-13,27H,2-7,9-10H2,1H3,(H,20,29)(H,21,22,23). The largest absolute Gasteiger partial charge is 0.390 e. The van der Waals surface area contributed by atoms with Crippen molar-refractivity contribution in [3.8, 4) is 0 Å². The summed E-state index contributed by atoms with van der Waals surface area (Å²) in [6.07, 6.45) is 3.24. The lowest BCUT2D eigenvalue weighted by Crippen LogP contribution is -2.42. The number of piperidine rings is 1. The number of amides is 2. The average Bonchev–Trinajstić information content (AvgIpc) is 3.48. The smallest absolute Gasteiger partial charge is 0.270 e. The highest BCUT2D eigenvalue weighted by molar-refractivity contribution is 6.18. The van der Waals surface area contributed by atoms with Gasteiger partial charge >= 0.3 is 0 Å². The van der Waals surface area contributed by atoms with Crippen molar-refractivity contribution in [2.24, 2.45) is 10.2 Å². The van der Waals surface area contributed by atoms with Crippen molar-refractivity contribution in [1.82, 2.24) is 20.2 Å². The Labute approximate surface area is 174 Å². The lowest BCUT2D eigenvalue weighted by molar-refractivity contribution is -0.132. The predicted molar refractivity (Wildman–Crippen MR) is 107 cm³/mol. The third kappa shape index (κ3) is 6.33. The van der Waals surface area contributed by atoms with Crippen LogP contribution < -0.4 is 10.6 Å². The van der Waals surface area contributed by atoms with Crippen LogP contribution >= 0.6 is 11.6 Å². The number of halogens is 1. The summed E-state index contributed by atoms with van der Waals surface area (Å²) in [5.41, 5.74) is -0.129. The zero-order valence-corrected chi connectivity index (χ0v) is 17.1. The van der Waals surface area contributed by atoms with Gasteiger partial charge in [-0.15, -0.1) is 11.6 Å². The number of hydrogen-bond acceptors (Lipinski definition) is 8. The molecule has 3 N–H and O–H groups in total. The van der Waals surface area contributed by atoms with Crippen molar-refractivity contribution in [1.29, 1.82) is 0 Å². The number of aromatic nitrogens is 2. The molecule has 1 saturated heterocycles. The first-order valence-corrected chi connectivity index (χ1v) is 10.2. The van der Waals surface area contributed by atoms with Gasteiger partial charge in [-0.3, -0.25) is 9.59 Å². The molecular weight excluding hydrogens is 398 g/mol. The molecule has 0 radical (unpaired) electrons. The number of anilines is 1. The van der Waals surface area contributed by atoms with Gasteiger partial charge in [0.2, 0.25) is 5.91 Å². The zero-order valence-electron chi connectivity index (χ0n) is 16.3. The second kappa shape index (κ2) is 9.45. The summed E-state index contributed by atoms with van der Waals surface area (Å²) in [6.45, 7) is 3.34. The van der Waals surface area contributed by atoms with E-state index >= 15 is 0 Å². The first-order valence-electron chi connectivity index (χ1n) is 9.71. The van der Waals surface area contributed by atoms with Crippen molar-refractivity contribution >= 4 is 29.2 Å². The van der Waals surface area contributed by atoms with Crippen LogP contribution in [0.4, 0.5) is 5.82 Å². The van der Waals surface area contributed by atoms with E-state index in [4.69, 9.17) is 11.6 Å². The molecule has 0 aromatic carbocycles. The molecule has 3 rings (SSSR count). The number of carbonyl (C=O) groups is 2. The van der Waals surface area contributed by atoms with Crippen LogP contribution in [0.25, 0.3) is 0 Å². The fourth-order valence-electron chi connectivity index (χ4n) is 3.09. The van der Waals surface area contributed by atoms with E-state index in [0.29, 0.717) is 31.7 Å². The van der Waals surface area contributed by atoms with Crippen molar-refractivity contribution in [2.75, 3.05) is 30.8 Å². The highest BCUT2D eigenvalue weighted by Gasteiger charge is 2.35. The Hall–Kier alpha value is -2.33. The van der Waals surface area contributed by atoms with Gasteiger partial charge in [-0.05, 0) is 19.8 Å². The molecule has 29 heavy (non-hydrogen) atoms. The molecule has 2 aliphatic heterocycles. The van der Waals surface area contributed by atoms with Crippen molar-refractivity contribution in [3.05, 3.63) is 18.1 Å². The number of nitrogens with one attached hydrogen (secondary N) is 2. The van der Waals surface area contributed by atoms with E-state index in [1.54, 1.807) is 6.07 Å². The molecule has 0 spiro atoms. The second-order valence-corrected chi connectivity index (χ2v) is 7.83. The maximum absolute atomic E-state index is 12.3. The molecule has 3 heterocycles. The highest BCUT2D eigenvalue weighted by atomic mass is 35.5. The van der Waals surface area contributed by atoms with Crippen LogP contribution in [0.5, 0.6) is 0 Å². The Morgan fingerprint density at radius 3 is 2.72 bits per heavy atom. The van der Waals surface area contributed by atoms with Gasteiger partial charge < -0.3 is 20.6 Å². The van der Waals surface area contributed by atoms with Crippen molar-refractivity contribution in [2.45, 2.75) is 50.4 Å². The highest BCUT2D eigenvalue weighted by Crippen LogP contribution is 2.32. The van der Waals surface area contributed by atoms with E-state index in [1.807, 2.05) is 11.8 Å². The molecule has 10 nitrogen and oxygen atoms in total. The van der Waals surface area contributed by atoms with Gasteiger partial charge in [0, 0.05) is 44.6 Å². The summed E-state index contributed by atoms with van der Waals surface area (Å²) in [6, 6.07) is 1.73. The summed E-state index contributed by atoms with van der Waals surface area (Å²) in [4.78, 5) is 34.5. The monoisotopic (exact) mass is 423 g/mol. The quantitative estimate of drug-likeness (QED) is 0.511. The van der Waals surface area contributed by atoms with Crippen LogP contribution in [0.15, 0.2) is 22.6 Å². The van der Waals surface area contributed by atoms with E-state index in [2.05, 4.69) is 30.8 Å². The van der Waals surface area contributed by atoms with E-state index in [1.165, 1.54) is 6.33 Å². The fraction of sp³-hybridized carbons (Fsp3) is 0.667. The normalized spacial score (nSPS) is 18.9. The first-order chi connectivity index (χ1) is 13.9. The van der Waals surface area contributed by atoms with Gasteiger partial charge in [-0.2, -0.15) is 10.2 Å². The number of nitrogens with zero attached hydrogens (tertiary/aromatic N) is 5. The van der Waals surface area contributed by atoms with E-state index in [0.717, 1.165) is 12.8 Å². The molecule has 11 heteroatoms. The Balaban J connectivity index is 1.44. The van der Waals surface area contributed by atoms with E-state index < -0.39 is 12.0 Å². The molecule has 158 valence electrons. The van der Waals surface area contributed by atoms with Gasteiger partial charge in [0.25, 0.3) is 5.91 Å². The van der Waals surface area contributed by atoms with Crippen LogP contribution in [-0.2, 0) is 4.79 Å². The third-order valence-electron chi connectivity index (χ3n) is 5.03. The van der Waals surface area contributed by atoms with Crippen LogP contribution in [0.1, 0.15) is 43.1 Å². The number of likely N-dealkylation sites (tertiary alicyclic amines) is 1. The minimum absolute atomic E-state index is 0.0437. The second-order valence-electron chi connectivity index (χ2n) is 7.52. The summed E-state index contributed by atoms with van der Waals surface area (Å²) < 4.78 is 0. The summed E-state index contributed by atoms with van der Waals surface area (Å²) >= 11 is 5.52. The van der Waals surface area contributed by atoms with Crippen molar-refractivity contribution in [3.63, 3.8) is 0 Å². The number of carbonyl (C=O) groups excluding carboxylic acids is 2. The SMILES string of the molecule is CC1(CCC(=O)N2CCC(Nc3cc(C(=O)NCC(O)CCl)ncn3)CC2)N=N1. The molecule has 2 amide bonds. The van der Waals surface area contributed by atoms with Gasteiger partial charge in [0.15, 0.2) is 5.66 Å². The number of aliphatic hydroxyl groups excluding tert-OH is 1. The fourth-order valence-corrected chi connectivity index (χ4v) is 3.19. The van der Waals surface area contributed by atoms with Crippen LogP contribution in [0, 0.1) is 0 Å². The minimum atomic E-state index is -0.802. The molecule has 1 aromatic rings. The van der Waals surface area contributed by atoms with Crippen molar-refractivity contribution < 1.29 is 14.7 Å². The minimum Gasteiger partial charge on any atom is -0.390 e. The van der Waals surface area contributed by atoms with E-state index in [-0.39, 0.29) is 35.7 Å². The van der Waals surface area contributed by atoms with Crippen LogP contribution in [-0.4, -0.2) is 75.1 Å². The molecule has 1 fully saturated rings. The van der Waals surface area contributed by atoms with Gasteiger partial charge in [-0.25, -0.2) is 9.97 Å². The molecule has 1 unspecified atom stereocenters. The molecule has 2 aliphatic rings. The number of rotatable bonds is 9. The number of alkyl halides is 1. The maximum Gasteiger partial charge on any atom is 0.270 e. The van der Waals surface area contributed by atoms with Gasteiger partial charge in [0.05, 0.1) is 12.0 Å².